The molecule has 95 heavy (non-hydrogen) atoms. The number of esters is 4. The highest BCUT2D eigenvalue weighted by atomic mass is 31.2. The van der Waals surface area contributed by atoms with Crippen molar-refractivity contribution in [2.45, 2.75) is 407 Å². The molecule has 19 heteroatoms. The minimum atomic E-state index is -4.96. The van der Waals surface area contributed by atoms with Gasteiger partial charge in [-0.15, -0.1) is 0 Å². The first-order valence-electron chi connectivity index (χ1n) is 39.3. The van der Waals surface area contributed by atoms with Crippen LogP contribution in [0.3, 0.4) is 0 Å². The molecule has 564 valence electrons. The van der Waals surface area contributed by atoms with Gasteiger partial charge in [-0.25, -0.2) is 9.13 Å². The molecule has 0 aliphatic heterocycles. The molecule has 0 spiro atoms. The Hall–Kier alpha value is -1.94. The molecule has 0 bridgehead atoms. The van der Waals surface area contributed by atoms with Gasteiger partial charge in [-0.2, -0.15) is 0 Å². The average Bonchev–Trinajstić information content (AvgIpc) is 1.40. The first-order chi connectivity index (χ1) is 45.7. The van der Waals surface area contributed by atoms with Crippen molar-refractivity contribution in [1.29, 1.82) is 0 Å². The SMILES string of the molecule is CCCCCCCCCCCCCCCC(=O)O[C@H](COC(=O)CCCCCCCCCCC(C)C)COP(=O)(O)OC[C@H](O)COP(=O)(O)OC[C@@H](COC(=O)CCCCCCCCCCCCCC(C)C)OC(=O)CCCCCCCCCCCCCCCCC(C)C. The predicted octanol–water partition coefficient (Wildman–Crippen LogP) is 22.2. The Labute approximate surface area is 581 Å². The number of rotatable bonds is 74. The summed E-state index contributed by atoms with van der Waals surface area (Å²) in [6.07, 6.45) is 52.6. The van der Waals surface area contributed by atoms with Crippen LogP contribution in [0.1, 0.15) is 389 Å². The molecule has 0 aliphatic rings. The maximum atomic E-state index is 13.1. The van der Waals surface area contributed by atoms with E-state index in [0.717, 1.165) is 108 Å². The van der Waals surface area contributed by atoms with Crippen LogP contribution in [0.2, 0.25) is 0 Å². The van der Waals surface area contributed by atoms with Crippen LogP contribution >= 0.6 is 15.6 Å². The fourth-order valence-electron chi connectivity index (χ4n) is 11.6. The summed E-state index contributed by atoms with van der Waals surface area (Å²) in [5, 5.41) is 10.6. The molecule has 2 unspecified atom stereocenters. The summed E-state index contributed by atoms with van der Waals surface area (Å²) in [4.78, 5) is 72.8. The minimum Gasteiger partial charge on any atom is -0.462 e. The van der Waals surface area contributed by atoms with Crippen LogP contribution in [0.15, 0.2) is 0 Å². The smallest absolute Gasteiger partial charge is 0.462 e. The van der Waals surface area contributed by atoms with E-state index in [1.807, 2.05) is 0 Å². The second kappa shape index (κ2) is 66.6. The number of phosphoric acid groups is 2. The van der Waals surface area contributed by atoms with Crippen molar-refractivity contribution in [3.63, 3.8) is 0 Å². The van der Waals surface area contributed by atoms with Gasteiger partial charge in [0.25, 0.3) is 0 Å². The van der Waals surface area contributed by atoms with Gasteiger partial charge in [0, 0.05) is 25.7 Å². The molecule has 0 fully saturated rings. The Morgan fingerprint density at radius 3 is 0.716 bits per heavy atom. The molecule has 0 saturated carbocycles. The van der Waals surface area contributed by atoms with Crippen molar-refractivity contribution in [3.8, 4) is 0 Å². The van der Waals surface area contributed by atoms with E-state index in [2.05, 4.69) is 48.5 Å². The second-order valence-corrected chi connectivity index (χ2v) is 31.7. The van der Waals surface area contributed by atoms with E-state index >= 15 is 0 Å². The minimum absolute atomic E-state index is 0.107. The third kappa shape index (κ3) is 70.3. The highest BCUT2D eigenvalue weighted by Crippen LogP contribution is 2.45. The number of phosphoric ester groups is 2. The van der Waals surface area contributed by atoms with Crippen LogP contribution < -0.4 is 0 Å². The van der Waals surface area contributed by atoms with Gasteiger partial charge in [0.2, 0.25) is 0 Å². The van der Waals surface area contributed by atoms with Crippen molar-refractivity contribution < 1.29 is 80.2 Å². The zero-order valence-corrected chi connectivity index (χ0v) is 63.9. The van der Waals surface area contributed by atoms with Gasteiger partial charge in [-0.05, 0) is 43.4 Å². The molecule has 17 nitrogen and oxygen atoms in total. The van der Waals surface area contributed by atoms with Gasteiger partial charge in [-0.1, -0.05) is 337 Å². The Morgan fingerprint density at radius 1 is 0.284 bits per heavy atom. The quantitative estimate of drug-likeness (QED) is 0.0222. The van der Waals surface area contributed by atoms with Crippen LogP contribution in [0.25, 0.3) is 0 Å². The molecule has 0 radical (unpaired) electrons. The molecule has 0 aromatic rings. The van der Waals surface area contributed by atoms with Gasteiger partial charge in [0.1, 0.15) is 19.3 Å². The van der Waals surface area contributed by atoms with Gasteiger partial charge in [0.05, 0.1) is 26.4 Å². The second-order valence-electron chi connectivity index (χ2n) is 28.8. The Kier molecular flexibility index (Phi) is 65.2. The van der Waals surface area contributed by atoms with Crippen LogP contribution in [0, 0.1) is 17.8 Å². The van der Waals surface area contributed by atoms with Crippen LogP contribution in [-0.2, 0) is 65.4 Å². The zero-order chi connectivity index (χ0) is 70.1. The number of aliphatic hydroxyl groups is 1. The average molecular weight is 1400 g/mol. The number of ether oxygens (including phenoxy) is 4. The standard InChI is InChI=1S/C76H148O17P2/c1-8-9-10-11-12-13-14-17-23-29-38-45-52-59-75(80)93-72(64-87-74(79)58-51-44-37-32-31-35-42-49-56-69(6)7)66-91-95(84,85)89-62-70(77)61-88-94(82,83)90-65-71(63-86-73(78)57-50-43-36-28-25-20-22-27-34-41-48-55-68(4)5)92-76(81)60-53-46-39-30-24-19-16-15-18-21-26-33-40-47-54-67(2)3/h67-72,77H,8-66H2,1-7H3,(H,82,83)(H,84,85)/t70-,71-,72-/m1/s1. The van der Waals surface area contributed by atoms with Crippen LogP contribution in [0.4, 0.5) is 0 Å². The number of carbonyl (C=O) groups excluding carboxylic acids is 4. The predicted molar refractivity (Wildman–Crippen MR) is 386 cm³/mol. The lowest BCUT2D eigenvalue weighted by atomic mass is 10.0. The number of aliphatic hydroxyl groups excluding tert-OH is 1. The largest absolute Gasteiger partial charge is 0.472 e. The first kappa shape index (κ1) is 93.1. The molecule has 0 aliphatic carbocycles. The van der Waals surface area contributed by atoms with Crippen molar-refractivity contribution in [2.75, 3.05) is 39.6 Å². The molecular formula is C76H148O17P2. The van der Waals surface area contributed by atoms with Crippen molar-refractivity contribution >= 4 is 39.5 Å². The van der Waals surface area contributed by atoms with Gasteiger partial charge >= 0.3 is 39.5 Å². The Bertz CT molecular complexity index is 1850. The fraction of sp³-hybridized carbons (Fsp3) is 0.947. The summed E-state index contributed by atoms with van der Waals surface area (Å²) in [5.74, 6) is 0.176. The Balaban J connectivity index is 5.26. The van der Waals surface area contributed by atoms with Crippen molar-refractivity contribution in [1.82, 2.24) is 0 Å². The summed E-state index contributed by atoms with van der Waals surface area (Å²) in [6, 6.07) is 0. The third-order valence-electron chi connectivity index (χ3n) is 17.6. The fourth-order valence-corrected chi connectivity index (χ4v) is 13.2. The summed E-state index contributed by atoms with van der Waals surface area (Å²) in [5.41, 5.74) is 0. The summed E-state index contributed by atoms with van der Waals surface area (Å²) < 4.78 is 68.5. The van der Waals surface area contributed by atoms with Gasteiger partial charge < -0.3 is 33.8 Å². The number of unbranched alkanes of at least 4 members (excludes halogenated alkanes) is 42. The van der Waals surface area contributed by atoms with E-state index in [0.29, 0.717) is 25.7 Å². The summed E-state index contributed by atoms with van der Waals surface area (Å²) in [7, 11) is -9.91. The third-order valence-corrected chi connectivity index (χ3v) is 19.5. The molecule has 0 aromatic carbocycles. The molecule has 3 N–H and O–H groups in total. The normalized spacial score (nSPS) is 14.1. The molecule has 0 amide bonds. The maximum Gasteiger partial charge on any atom is 0.472 e. The van der Waals surface area contributed by atoms with E-state index in [9.17, 15) is 43.2 Å². The van der Waals surface area contributed by atoms with Gasteiger partial charge in [-0.3, -0.25) is 37.3 Å². The lowest BCUT2D eigenvalue weighted by Crippen LogP contribution is -2.30. The van der Waals surface area contributed by atoms with Crippen molar-refractivity contribution in [2.24, 2.45) is 17.8 Å². The van der Waals surface area contributed by atoms with E-state index in [-0.39, 0.29) is 25.7 Å². The highest BCUT2D eigenvalue weighted by molar-refractivity contribution is 7.47. The van der Waals surface area contributed by atoms with Crippen molar-refractivity contribution in [3.05, 3.63) is 0 Å². The van der Waals surface area contributed by atoms with Gasteiger partial charge in [0.15, 0.2) is 12.2 Å². The molecular weight excluding hydrogens is 1250 g/mol. The molecule has 5 atom stereocenters. The number of hydrogen-bond donors (Lipinski definition) is 3. The lowest BCUT2D eigenvalue weighted by Gasteiger charge is -2.21. The van der Waals surface area contributed by atoms with E-state index in [1.165, 1.54) is 199 Å². The topological polar surface area (TPSA) is 237 Å². The first-order valence-corrected chi connectivity index (χ1v) is 42.3. The van der Waals surface area contributed by atoms with E-state index in [1.54, 1.807) is 0 Å². The molecule has 0 heterocycles. The highest BCUT2D eigenvalue weighted by Gasteiger charge is 2.30. The molecule has 0 rings (SSSR count). The molecule has 0 aromatic heterocycles. The maximum absolute atomic E-state index is 13.1. The molecule has 0 saturated heterocycles. The monoisotopic (exact) mass is 1400 g/mol. The lowest BCUT2D eigenvalue weighted by molar-refractivity contribution is -0.161. The number of hydrogen-bond acceptors (Lipinski definition) is 15. The van der Waals surface area contributed by atoms with Crippen LogP contribution in [0.5, 0.6) is 0 Å². The summed E-state index contributed by atoms with van der Waals surface area (Å²) in [6.45, 7) is 11.9. The Morgan fingerprint density at radius 2 is 0.484 bits per heavy atom. The number of carbonyl (C=O) groups is 4. The summed E-state index contributed by atoms with van der Waals surface area (Å²) >= 11 is 0. The zero-order valence-electron chi connectivity index (χ0n) is 62.1. The van der Waals surface area contributed by atoms with Crippen LogP contribution in [-0.4, -0.2) is 96.7 Å². The van der Waals surface area contributed by atoms with E-state index in [4.69, 9.17) is 37.0 Å². The van der Waals surface area contributed by atoms with E-state index < -0.39 is 97.5 Å².